The number of aromatic nitrogens is 1. The lowest BCUT2D eigenvalue weighted by molar-refractivity contribution is -0.144. The zero-order chi connectivity index (χ0) is 15.3. The van der Waals surface area contributed by atoms with E-state index in [0.717, 1.165) is 44.6 Å². The molecule has 22 heavy (non-hydrogen) atoms. The van der Waals surface area contributed by atoms with Crippen LogP contribution in [-0.2, 0) is 9.59 Å². The van der Waals surface area contributed by atoms with Crippen LogP contribution in [0, 0.1) is 17.3 Å². The van der Waals surface area contributed by atoms with Crippen molar-refractivity contribution in [3.8, 4) is 0 Å². The lowest BCUT2D eigenvalue weighted by Gasteiger charge is -2.52. The minimum absolute atomic E-state index is 0.201. The number of likely N-dealkylation sites (tertiary alicyclic amines) is 1. The van der Waals surface area contributed by atoms with Crippen molar-refractivity contribution in [1.82, 2.24) is 9.88 Å². The van der Waals surface area contributed by atoms with Crippen molar-refractivity contribution in [2.75, 3.05) is 24.5 Å². The van der Waals surface area contributed by atoms with E-state index in [-0.39, 0.29) is 17.2 Å². The molecule has 3 fully saturated rings. The zero-order valence-electron chi connectivity index (χ0n) is 12.9. The summed E-state index contributed by atoms with van der Waals surface area (Å²) < 4.78 is 0. The predicted octanol–water partition coefficient (Wildman–Crippen LogP) is 1.69. The summed E-state index contributed by atoms with van der Waals surface area (Å²) in [7, 11) is 0. The van der Waals surface area contributed by atoms with Gasteiger partial charge in [-0.3, -0.25) is 14.6 Å². The number of β-lactam (4-membered cyclic amide) rings is 1. The van der Waals surface area contributed by atoms with E-state index >= 15 is 0 Å². The van der Waals surface area contributed by atoms with Crippen molar-refractivity contribution in [1.29, 1.82) is 0 Å². The Morgan fingerprint density at radius 1 is 1.36 bits per heavy atom. The third kappa shape index (κ3) is 2.02. The van der Waals surface area contributed by atoms with E-state index in [2.05, 4.69) is 11.9 Å². The first-order chi connectivity index (χ1) is 10.6. The summed E-state index contributed by atoms with van der Waals surface area (Å²) in [5, 5.41) is 0. The van der Waals surface area contributed by atoms with Crippen molar-refractivity contribution in [2.24, 2.45) is 17.3 Å². The van der Waals surface area contributed by atoms with Gasteiger partial charge in [0.1, 0.15) is 0 Å². The molecule has 3 aliphatic rings. The van der Waals surface area contributed by atoms with Crippen LogP contribution in [0.15, 0.2) is 24.5 Å². The Labute approximate surface area is 130 Å². The molecule has 3 heterocycles. The molecule has 5 heteroatoms. The summed E-state index contributed by atoms with van der Waals surface area (Å²) in [4.78, 5) is 32.7. The van der Waals surface area contributed by atoms with Crippen molar-refractivity contribution < 1.29 is 9.59 Å². The molecule has 4 rings (SSSR count). The molecule has 0 N–H and O–H groups in total. The highest BCUT2D eigenvalue weighted by Crippen LogP contribution is 2.45. The van der Waals surface area contributed by atoms with Gasteiger partial charge in [-0.15, -0.1) is 0 Å². The Morgan fingerprint density at radius 2 is 2.09 bits per heavy atom. The van der Waals surface area contributed by atoms with Gasteiger partial charge in [-0.25, -0.2) is 0 Å². The number of carbonyl (C=O) groups excluding carboxylic acids is 2. The average molecular weight is 299 g/mol. The number of pyridine rings is 1. The van der Waals surface area contributed by atoms with Gasteiger partial charge in [-0.05, 0) is 37.3 Å². The smallest absolute Gasteiger partial charge is 0.235 e. The summed E-state index contributed by atoms with van der Waals surface area (Å²) in [6.07, 6.45) is 6.09. The molecule has 2 aliphatic heterocycles. The Bertz CT molecular complexity index is 608. The minimum atomic E-state index is -0.234. The third-order valence-electron chi connectivity index (χ3n) is 5.58. The number of carbonyl (C=O) groups is 2. The molecule has 1 aliphatic carbocycles. The number of anilines is 1. The van der Waals surface area contributed by atoms with Crippen LogP contribution < -0.4 is 4.90 Å². The molecule has 2 atom stereocenters. The van der Waals surface area contributed by atoms with Crippen LogP contribution in [0.5, 0.6) is 0 Å². The largest absolute Gasteiger partial charge is 0.342 e. The highest BCUT2D eigenvalue weighted by molar-refractivity contribution is 6.04. The molecule has 5 nitrogen and oxygen atoms in total. The first-order valence-electron chi connectivity index (χ1n) is 8.11. The van der Waals surface area contributed by atoms with E-state index in [1.165, 1.54) is 0 Å². The van der Waals surface area contributed by atoms with Crippen LogP contribution in [0.25, 0.3) is 0 Å². The molecule has 0 aromatic carbocycles. The molecule has 116 valence electrons. The molecule has 1 aromatic rings. The highest BCUT2D eigenvalue weighted by Gasteiger charge is 2.54. The topological polar surface area (TPSA) is 53.5 Å². The van der Waals surface area contributed by atoms with Crippen molar-refractivity contribution in [3.05, 3.63) is 24.5 Å². The maximum atomic E-state index is 12.6. The highest BCUT2D eigenvalue weighted by atomic mass is 16.2. The van der Waals surface area contributed by atoms with Crippen LogP contribution in [0.4, 0.5) is 5.69 Å². The van der Waals surface area contributed by atoms with Gasteiger partial charge in [0.25, 0.3) is 0 Å². The summed E-state index contributed by atoms with van der Waals surface area (Å²) in [5.41, 5.74) is 0.644. The molecule has 1 aromatic heterocycles. The second kappa shape index (κ2) is 4.80. The van der Waals surface area contributed by atoms with Gasteiger partial charge < -0.3 is 9.80 Å². The quantitative estimate of drug-likeness (QED) is 0.781. The van der Waals surface area contributed by atoms with Crippen LogP contribution in [0.1, 0.15) is 26.2 Å². The normalized spacial score (nSPS) is 29.4. The number of piperidine rings is 1. The lowest BCUT2D eigenvalue weighted by Crippen LogP contribution is -2.65. The Kier molecular flexibility index (Phi) is 2.99. The molecular formula is C17H21N3O2. The maximum Gasteiger partial charge on any atom is 0.235 e. The Morgan fingerprint density at radius 3 is 2.64 bits per heavy atom. The predicted molar refractivity (Wildman–Crippen MR) is 82.1 cm³/mol. The fourth-order valence-electron chi connectivity index (χ4n) is 3.79. The summed E-state index contributed by atoms with van der Waals surface area (Å²) in [6, 6.07) is 3.77. The monoisotopic (exact) mass is 299 g/mol. The van der Waals surface area contributed by atoms with E-state index in [4.69, 9.17) is 0 Å². The second-order valence-corrected chi connectivity index (χ2v) is 7.03. The molecule has 2 saturated heterocycles. The second-order valence-electron chi connectivity index (χ2n) is 7.03. The van der Waals surface area contributed by atoms with Crippen LogP contribution in [-0.4, -0.2) is 41.3 Å². The minimum Gasteiger partial charge on any atom is -0.342 e. The first kappa shape index (κ1) is 13.7. The van der Waals surface area contributed by atoms with Gasteiger partial charge in [0.2, 0.25) is 11.8 Å². The number of hydrogen-bond acceptors (Lipinski definition) is 3. The zero-order valence-corrected chi connectivity index (χ0v) is 12.9. The number of rotatable bonds is 2. The summed E-state index contributed by atoms with van der Waals surface area (Å²) >= 11 is 0. The van der Waals surface area contributed by atoms with Crippen molar-refractivity contribution >= 4 is 17.5 Å². The van der Waals surface area contributed by atoms with E-state index in [1.54, 1.807) is 12.4 Å². The SMILES string of the molecule is CC1CC1C(=O)N1CCC2(CC1)CN(c1cccnc1)C2=O. The molecule has 2 unspecified atom stereocenters. The number of amides is 2. The van der Waals surface area contributed by atoms with Gasteiger partial charge in [0.15, 0.2) is 0 Å². The molecule has 1 saturated carbocycles. The van der Waals surface area contributed by atoms with Crippen LogP contribution in [0.3, 0.4) is 0 Å². The molecule has 0 bridgehead atoms. The fourth-order valence-corrected chi connectivity index (χ4v) is 3.79. The van der Waals surface area contributed by atoms with Crippen molar-refractivity contribution in [2.45, 2.75) is 26.2 Å². The van der Waals surface area contributed by atoms with Gasteiger partial charge in [-0.2, -0.15) is 0 Å². The lowest BCUT2D eigenvalue weighted by atomic mass is 9.71. The van der Waals surface area contributed by atoms with Gasteiger partial charge in [-0.1, -0.05) is 6.92 Å². The molecule has 0 radical (unpaired) electrons. The molecular weight excluding hydrogens is 278 g/mol. The maximum absolute atomic E-state index is 12.6. The Hall–Kier alpha value is -1.91. The van der Waals surface area contributed by atoms with Gasteiger partial charge in [0.05, 0.1) is 17.3 Å². The average Bonchev–Trinajstić information content (AvgIpc) is 3.30. The third-order valence-corrected chi connectivity index (χ3v) is 5.58. The molecule has 1 spiro atoms. The summed E-state index contributed by atoms with van der Waals surface area (Å²) in [5.74, 6) is 1.30. The first-order valence-corrected chi connectivity index (χ1v) is 8.11. The van der Waals surface area contributed by atoms with E-state index in [1.807, 2.05) is 21.9 Å². The van der Waals surface area contributed by atoms with E-state index in [9.17, 15) is 9.59 Å². The number of nitrogens with zero attached hydrogens (tertiary/aromatic N) is 3. The van der Waals surface area contributed by atoms with Gasteiger partial charge in [0, 0.05) is 31.7 Å². The van der Waals surface area contributed by atoms with Crippen LogP contribution in [0.2, 0.25) is 0 Å². The summed E-state index contributed by atoms with van der Waals surface area (Å²) in [6.45, 7) is 4.36. The molecule has 2 amide bonds. The Balaban J connectivity index is 1.38. The van der Waals surface area contributed by atoms with Crippen LogP contribution >= 0.6 is 0 Å². The standard InChI is InChI=1S/C17H21N3O2/c1-12-9-14(12)15(21)19-7-4-17(5-8-19)11-20(16(17)22)13-3-2-6-18-10-13/h2-3,6,10,12,14H,4-5,7-9,11H2,1H3. The van der Waals surface area contributed by atoms with E-state index < -0.39 is 0 Å². The fraction of sp³-hybridized carbons (Fsp3) is 0.588. The number of hydrogen-bond donors (Lipinski definition) is 0. The van der Waals surface area contributed by atoms with E-state index in [0.29, 0.717) is 11.8 Å². The van der Waals surface area contributed by atoms with Gasteiger partial charge >= 0.3 is 0 Å². The van der Waals surface area contributed by atoms with Crippen molar-refractivity contribution in [3.63, 3.8) is 0 Å².